The van der Waals surface area contributed by atoms with Gasteiger partial charge < -0.3 is 5.32 Å². The average Bonchev–Trinajstić information content (AvgIpc) is 2.24. The van der Waals surface area contributed by atoms with E-state index in [0.29, 0.717) is 17.3 Å². The van der Waals surface area contributed by atoms with Crippen LogP contribution in [0.5, 0.6) is 0 Å². The van der Waals surface area contributed by atoms with E-state index in [1.54, 1.807) is 0 Å². The summed E-state index contributed by atoms with van der Waals surface area (Å²) in [5.74, 6) is -0.266. The van der Waals surface area contributed by atoms with Gasteiger partial charge in [-0.25, -0.2) is 8.42 Å². The number of nitrogens with one attached hydrogen (secondary N) is 1. The second kappa shape index (κ2) is 8.06. The van der Waals surface area contributed by atoms with Gasteiger partial charge in [-0.3, -0.25) is 0 Å². The number of nitrogens with zero attached hydrogens (tertiary/aromatic N) is 1. The van der Waals surface area contributed by atoms with E-state index in [9.17, 15) is 21.6 Å². The molecule has 4 nitrogen and oxygen atoms in total. The molecule has 0 radical (unpaired) electrons. The fraction of sp³-hybridized carbons (Fsp3) is 1.00. The number of hydrogen-bond donors (Lipinski definition) is 1. The van der Waals surface area contributed by atoms with Crippen LogP contribution in [-0.2, 0) is 10.0 Å². The molecule has 0 fully saturated rings. The van der Waals surface area contributed by atoms with Crippen LogP contribution in [0.3, 0.4) is 0 Å². The standard InChI is InChI=1S/C11H23F3N2O2S/c1-4-6-15-7-5-8-19(17,18)16(10(2)3)9-11(12,13)14/h10,15H,4-9H2,1-3H3. The molecule has 0 aromatic heterocycles. The van der Waals surface area contributed by atoms with Crippen LogP contribution < -0.4 is 5.32 Å². The first-order valence-electron chi connectivity index (χ1n) is 6.37. The van der Waals surface area contributed by atoms with Gasteiger partial charge in [-0.2, -0.15) is 17.5 Å². The highest BCUT2D eigenvalue weighted by molar-refractivity contribution is 7.89. The summed E-state index contributed by atoms with van der Waals surface area (Å²) in [6, 6.07) is -0.699. The maximum atomic E-state index is 12.4. The van der Waals surface area contributed by atoms with Crippen LogP contribution in [0.4, 0.5) is 13.2 Å². The van der Waals surface area contributed by atoms with E-state index >= 15 is 0 Å². The van der Waals surface area contributed by atoms with E-state index in [2.05, 4.69) is 5.32 Å². The van der Waals surface area contributed by atoms with Crippen LogP contribution in [0.25, 0.3) is 0 Å². The van der Waals surface area contributed by atoms with E-state index < -0.39 is 28.8 Å². The zero-order valence-corrected chi connectivity index (χ0v) is 12.4. The lowest BCUT2D eigenvalue weighted by Crippen LogP contribution is -2.44. The first kappa shape index (κ1) is 18.7. The quantitative estimate of drug-likeness (QED) is 0.663. The first-order chi connectivity index (χ1) is 8.60. The Bertz CT molecular complexity index is 342. The molecular formula is C11H23F3N2O2S. The number of hydrogen-bond acceptors (Lipinski definition) is 3. The van der Waals surface area contributed by atoms with Crippen molar-refractivity contribution in [2.24, 2.45) is 0 Å². The van der Waals surface area contributed by atoms with Gasteiger partial charge in [-0.15, -0.1) is 0 Å². The van der Waals surface area contributed by atoms with Crippen molar-refractivity contribution in [1.82, 2.24) is 9.62 Å². The molecule has 0 atom stereocenters. The summed E-state index contributed by atoms with van der Waals surface area (Å²) in [6.07, 6.45) is -3.28. The van der Waals surface area contributed by atoms with E-state index in [1.165, 1.54) is 13.8 Å². The minimum Gasteiger partial charge on any atom is -0.317 e. The molecule has 0 aliphatic heterocycles. The maximum absolute atomic E-state index is 12.4. The fourth-order valence-corrected chi connectivity index (χ4v) is 3.31. The van der Waals surface area contributed by atoms with Crippen LogP contribution in [-0.4, -0.2) is 50.3 Å². The fourth-order valence-electron chi connectivity index (χ4n) is 1.58. The molecule has 0 aromatic rings. The van der Waals surface area contributed by atoms with Gasteiger partial charge in [0.25, 0.3) is 0 Å². The van der Waals surface area contributed by atoms with Crippen molar-refractivity contribution in [3.05, 3.63) is 0 Å². The lowest BCUT2D eigenvalue weighted by molar-refractivity contribution is -0.138. The van der Waals surface area contributed by atoms with E-state index in [0.717, 1.165) is 13.0 Å². The predicted octanol–water partition coefficient (Wildman–Crippen LogP) is 1.98. The molecule has 0 rings (SSSR count). The van der Waals surface area contributed by atoms with Gasteiger partial charge >= 0.3 is 6.18 Å². The minimum atomic E-state index is -4.52. The van der Waals surface area contributed by atoms with Crippen LogP contribution in [0.2, 0.25) is 0 Å². The highest BCUT2D eigenvalue weighted by Gasteiger charge is 2.37. The van der Waals surface area contributed by atoms with Gasteiger partial charge in [0.05, 0.1) is 5.75 Å². The smallest absolute Gasteiger partial charge is 0.317 e. The highest BCUT2D eigenvalue weighted by atomic mass is 32.2. The molecule has 0 saturated heterocycles. The van der Waals surface area contributed by atoms with Crippen molar-refractivity contribution in [1.29, 1.82) is 0 Å². The van der Waals surface area contributed by atoms with Crippen molar-refractivity contribution in [2.75, 3.05) is 25.4 Å². The van der Waals surface area contributed by atoms with Gasteiger partial charge in [-0.05, 0) is 39.8 Å². The number of rotatable bonds is 9. The number of halogens is 3. The molecule has 1 N–H and O–H groups in total. The van der Waals surface area contributed by atoms with Crippen LogP contribution in [0, 0.1) is 0 Å². The molecule has 0 amide bonds. The molecule has 116 valence electrons. The zero-order valence-electron chi connectivity index (χ0n) is 11.6. The van der Waals surface area contributed by atoms with Crippen molar-refractivity contribution in [3.8, 4) is 0 Å². The molecule has 0 bridgehead atoms. The molecular weight excluding hydrogens is 281 g/mol. The van der Waals surface area contributed by atoms with Crippen LogP contribution in [0.1, 0.15) is 33.6 Å². The number of alkyl halides is 3. The zero-order chi connectivity index (χ0) is 15.1. The summed E-state index contributed by atoms with van der Waals surface area (Å²) in [6.45, 7) is 4.71. The van der Waals surface area contributed by atoms with E-state index in [4.69, 9.17) is 0 Å². The Morgan fingerprint density at radius 3 is 2.21 bits per heavy atom. The van der Waals surface area contributed by atoms with Crippen molar-refractivity contribution >= 4 is 10.0 Å². The molecule has 0 aliphatic carbocycles. The Morgan fingerprint density at radius 1 is 1.21 bits per heavy atom. The van der Waals surface area contributed by atoms with E-state index in [-0.39, 0.29) is 5.75 Å². The second-order valence-corrected chi connectivity index (χ2v) is 6.71. The normalized spacial score (nSPS) is 13.5. The molecule has 0 aliphatic rings. The van der Waals surface area contributed by atoms with Gasteiger partial charge in [0.1, 0.15) is 6.54 Å². The molecule has 0 saturated carbocycles. The van der Waals surface area contributed by atoms with Crippen LogP contribution in [0.15, 0.2) is 0 Å². The lowest BCUT2D eigenvalue weighted by Gasteiger charge is -2.26. The topological polar surface area (TPSA) is 49.4 Å². The molecule has 8 heteroatoms. The summed E-state index contributed by atoms with van der Waals surface area (Å²) in [5.41, 5.74) is 0. The van der Waals surface area contributed by atoms with Gasteiger partial charge in [0, 0.05) is 6.04 Å². The molecule has 19 heavy (non-hydrogen) atoms. The highest BCUT2D eigenvalue weighted by Crippen LogP contribution is 2.21. The third-order valence-corrected chi connectivity index (χ3v) is 4.52. The van der Waals surface area contributed by atoms with E-state index in [1.807, 2.05) is 6.92 Å². The third-order valence-electron chi connectivity index (χ3n) is 2.45. The average molecular weight is 304 g/mol. The second-order valence-electron chi connectivity index (χ2n) is 4.67. The Kier molecular flexibility index (Phi) is 7.92. The molecule has 0 heterocycles. The van der Waals surface area contributed by atoms with Gasteiger partial charge in [-0.1, -0.05) is 6.92 Å². The molecule has 0 aromatic carbocycles. The Hall–Kier alpha value is -0.340. The lowest BCUT2D eigenvalue weighted by atomic mass is 10.4. The van der Waals surface area contributed by atoms with Crippen molar-refractivity contribution in [3.63, 3.8) is 0 Å². The maximum Gasteiger partial charge on any atom is 0.402 e. The van der Waals surface area contributed by atoms with Crippen LogP contribution >= 0.6 is 0 Å². The monoisotopic (exact) mass is 304 g/mol. The summed E-state index contributed by atoms with van der Waals surface area (Å²) in [4.78, 5) is 0. The largest absolute Gasteiger partial charge is 0.402 e. The molecule has 0 unspecified atom stereocenters. The van der Waals surface area contributed by atoms with Gasteiger partial charge in [0.2, 0.25) is 10.0 Å². The predicted molar refractivity (Wildman–Crippen MR) is 69.5 cm³/mol. The minimum absolute atomic E-state index is 0.266. The summed E-state index contributed by atoms with van der Waals surface area (Å²) in [7, 11) is -3.87. The molecule has 0 spiro atoms. The van der Waals surface area contributed by atoms with Crippen molar-refractivity contribution < 1.29 is 21.6 Å². The summed E-state index contributed by atoms with van der Waals surface area (Å²) >= 11 is 0. The van der Waals surface area contributed by atoms with Crippen molar-refractivity contribution in [2.45, 2.75) is 45.8 Å². The Balaban J connectivity index is 4.46. The Labute approximate surface area is 113 Å². The summed E-state index contributed by atoms with van der Waals surface area (Å²) < 4.78 is 61.4. The SMILES string of the molecule is CCCNCCCS(=O)(=O)N(CC(F)(F)F)C(C)C. The number of sulfonamides is 1. The Morgan fingerprint density at radius 2 is 1.79 bits per heavy atom. The first-order valence-corrected chi connectivity index (χ1v) is 7.98. The summed E-state index contributed by atoms with van der Waals surface area (Å²) in [5, 5.41) is 3.02. The third kappa shape index (κ3) is 8.43. The van der Waals surface area contributed by atoms with Gasteiger partial charge in [0.15, 0.2) is 0 Å².